The number of hydrogen-bond donors (Lipinski definition) is 1. The summed E-state index contributed by atoms with van der Waals surface area (Å²) in [5.74, 6) is -0.0414. The maximum absolute atomic E-state index is 12.3. The van der Waals surface area contributed by atoms with Crippen LogP contribution in [0, 0.1) is 5.92 Å². The molecule has 6 nitrogen and oxygen atoms in total. The van der Waals surface area contributed by atoms with E-state index in [1.807, 2.05) is 4.90 Å². The fourth-order valence-electron chi connectivity index (χ4n) is 3.10. The third-order valence-electron chi connectivity index (χ3n) is 4.44. The summed E-state index contributed by atoms with van der Waals surface area (Å²) in [6, 6.07) is 0. The fraction of sp³-hybridized carbons (Fsp3) is 0.929. The highest BCUT2D eigenvalue weighted by atomic mass is 32.2. The second-order valence-electron chi connectivity index (χ2n) is 6.12. The monoisotopic (exact) mass is 317 g/mol. The zero-order chi connectivity index (χ0) is 15.3. The minimum atomic E-state index is -2.98. The van der Waals surface area contributed by atoms with Crippen molar-refractivity contribution in [2.75, 3.05) is 50.8 Å². The molecule has 2 saturated heterocycles. The van der Waals surface area contributed by atoms with Crippen LogP contribution < -0.4 is 5.73 Å². The van der Waals surface area contributed by atoms with Crippen LogP contribution in [0.2, 0.25) is 0 Å². The van der Waals surface area contributed by atoms with Crippen molar-refractivity contribution >= 4 is 15.7 Å². The smallest absolute Gasteiger partial charge is 0.226 e. The van der Waals surface area contributed by atoms with Crippen molar-refractivity contribution < 1.29 is 13.2 Å². The van der Waals surface area contributed by atoms with Crippen LogP contribution in [0.5, 0.6) is 0 Å². The molecule has 2 aliphatic heterocycles. The lowest BCUT2D eigenvalue weighted by molar-refractivity contribution is -0.136. The van der Waals surface area contributed by atoms with E-state index in [4.69, 9.17) is 5.73 Å². The summed E-state index contributed by atoms with van der Waals surface area (Å²) in [5, 5.41) is 0. The standard InChI is InChI=1S/C14H27N3O3S/c15-5-2-1-3-6-16-7-9-17(10-8-16)14(18)13-4-11-21(19,20)12-13/h13H,1-12,15H2. The molecule has 0 bridgehead atoms. The number of hydrogen-bond acceptors (Lipinski definition) is 5. The number of sulfone groups is 1. The lowest BCUT2D eigenvalue weighted by atomic mass is 10.1. The Morgan fingerprint density at radius 2 is 1.81 bits per heavy atom. The molecular weight excluding hydrogens is 290 g/mol. The average molecular weight is 317 g/mol. The largest absolute Gasteiger partial charge is 0.340 e. The first-order chi connectivity index (χ1) is 10.0. The summed E-state index contributed by atoms with van der Waals surface area (Å²) in [5.41, 5.74) is 5.48. The van der Waals surface area contributed by atoms with E-state index in [-0.39, 0.29) is 23.3 Å². The number of amides is 1. The Morgan fingerprint density at radius 1 is 1.10 bits per heavy atom. The summed E-state index contributed by atoms with van der Waals surface area (Å²) < 4.78 is 22.9. The van der Waals surface area contributed by atoms with Gasteiger partial charge in [-0.05, 0) is 32.4 Å². The van der Waals surface area contributed by atoms with Gasteiger partial charge in [-0.2, -0.15) is 0 Å². The van der Waals surface area contributed by atoms with Crippen LogP contribution in [0.3, 0.4) is 0 Å². The van der Waals surface area contributed by atoms with Gasteiger partial charge in [0.25, 0.3) is 0 Å². The van der Waals surface area contributed by atoms with Gasteiger partial charge in [0.1, 0.15) is 0 Å². The van der Waals surface area contributed by atoms with E-state index in [1.54, 1.807) is 0 Å². The highest BCUT2D eigenvalue weighted by Crippen LogP contribution is 2.21. The second kappa shape index (κ2) is 7.56. The Hall–Kier alpha value is -0.660. The Kier molecular flexibility index (Phi) is 6.01. The third-order valence-corrected chi connectivity index (χ3v) is 6.21. The fourth-order valence-corrected chi connectivity index (χ4v) is 4.83. The van der Waals surface area contributed by atoms with E-state index in [0.717, 1.165) is 58.5 Å². The van der Waals surface area contributed by atoms with E-state index in [0.29, 0.717) is 6.42 Å². The second-order valence-corrected chi connectivity index (χ2v) is 8.34. The van der Waals surface area contributed by atoms with Gasteiger partial charge in [-0.1, -0.05) is 6.42 Å². The normalized spacial score (nSPS) is 26.1. The zero-order valence-electron chi connectivity index (χ0n) is 12.7. The van der Waals surface area contributed by atoms with Crippen molar-refractivity contribution in [3.05, 3.63) is 0 Å². The van der Waals surface area contributed by atoms with Crippen molar-refractivity contribution in [3.63, 3.8) is 0 Å². The molecule has 21 heavy (non-hydrogen) atoms. The van der Waals surface area contributed by atoms with Crippen molar-refractivity contribution in [1.29, 1.82) is 0 Å². The molecule has 7 heteroatoms. The van der Waals surface area contributed by atoms with Crippen LogP contribution in [0.25, 0.3) is 0 Å². The number of rotatable bonds is 6. The molecule has 0 spiro atoms. The topological polar surface area (TPSA) is 83.7 Å². The molecule has 122 valence electrons. The van der Waals surface area contributed by atoms with Crippen LogP contribution in [0.15, 0.2) is 0 Å². The van der Waals surface area contributed by atoms with E-state index in [9.17, 15) is 13.2 Å². The molecule has 0 aliphatic carbocycles. The first-order valence-electron chi connectivity index (χ1n) is 7.93. The summed E-state index contributed by atoms with van der Waals surface area (Å²) in [6.45, 7) is 5.08. The first kappa shape index (κ1) is 16.7. The molecule has 0 saturated carbocycles. The number of piperazine rings is 1. The molecule has 0 aromatic heterocycles. The van der Waals surface area contributed by atoms with Gasteiger partial charge in [-0.3, -0.25) is 9.69 Å². The predicted molar refractivity (Wildman–Crippen MR) is 82.7 cm³/mol. The Morgan fingerprint density at radius 3 is 2.38 bits per heavy atom. The van der Waals surface area contributed by atoms with Gasteiger partial charge >= 0.3 is 0 Å². The predicted octanol–water partition coefficient (Wildman–Crippen LogP) is -0.306. The molecule has 0 radical (unpaired) electrons. The zero-order valence-corrected chi connectivity index (χ0v) is 13.5. The van der Waals surface area contributed by atoms with Crippen LogP contribution in [0.1, 0.15) is 25.7 Å². The summed E-state index contributed by atoms with van der Waals surface area (Å²) in [6.07, 6.45) is 3.90. The summed E-state index contributed by atoms with van der Waals surface area (Å²) in [7, 11) is -2.98. The number of carbonyl (C=O) groups is 1. The first-order valence-corrected chi connectivity index (χ1v) is 9.75. The van der Waals surface area contributed by atoms with E-state index >= 15 is 0 Å². The van der Waals surface area contributed by atoms with Gasteiger partial charge in [0.2, 0.25) is 5.91 Å². The Bertz CT molecular complexity index is 444. The lowest BCUT2D eigenvalue weighted by Gasteiger charge is -2.35. The molecule has 1 amide bonds. The van der Waals surface area contributed by atoms with Crippen molar-refractivity contribution in [2.24, 2.45) is 11.7 Å². The molecule has 2 rings (SSSR count). The molecule has 0 aromatic carbocycles. The molecule has 2 N–H and O–H groups in total. The van der Waals surface area contributed by atoms with Crippen LogP contribution in [-0.4, -0.2) is 74.9 Å². The van der Waals surface area contributed by atoms with Gasteiger partial charge in [-0.25, -0.2) is 8.42 Å². The van der Waals surface area contributed by atoms with Gasteiger partial charge in [-0.15, -0.1) is 0 Å². The molecule has 2 aliphatic rings. The van der Waals surface area contributed by atoms with Crippen molar-refractivity contribution in [1.82, 2.24) is 9.80 Å². The minimum absolute atomic E-state index is 0.0406. The van der Waals surface area contributed by atoms with Crippen molar-refractivity contribution in [3.8, 4) is 0 Å². The molecule has 1 atom stereocenters. The average Bonchev–Trinajstić information content (AvgIpc) is 2.84. The number of nitrogens with two attached hydrogens (primary N) is 1. The quantitative estimate of drug-likeness (QED) is 0.680. The maximum Gasteiger partial charge on any atom is 0.226 e. The van der Waals surface area contributed by atoms with Gasteiger partial charge < -0.3 is 10.6 Å². The highest BCUT2D eigenvalue weighted by molar-refractivity contribution is 7.91. The van der Waals surface area contributed by atoms with Gasteiger partial charge in [0, 0.05) is 26.2 Å². The third kappa shape index (κ3) is 4.93. The Balaban J connectivity index is 1.70. The van der Waals surface area contributed by atoms with Gasteiger partial charge in [0.15, 0.2) is 9.84 Å². The van der Waals surface area contributed by atoms with E-state index in [1.165, 1.54) is 0 Å². The van der Waals surface area contributed by atoms with Gasteiger partial charge in [0.05, 0.1) is 17.4 Å². The highest BCUT2D eigenvalue weighted by Gasteiger charge is 2.36. The molecule has 2 heterocycles. The van der Waals surface area contributed by atoms with Crippen LogP contribution in [-0.2, 0) is 14.6 Å². The minimum Gasteiger partial charge on any atom is -0.340 e. The maximum atomic E-state index is 12.3. The molecule has 1 unspecified atom stereocenters. The molecule has 0 aromatic rings. The SMILES string of the molecule is NCCCCCN1CCN(C(=O)C2CCS(=O)(=O)C2)CC1. The van der Waals surface area contributed by atoms with E-state index < -0.39 is 9.84 Å². The Labute approximate surface area is 127 Å². The van der Waals surface area contributed by atoms with E-state index in [2.05, 4.69) is 4.90 Å². The number of nitrogens with zero attached hydrogens (tertiary/aromatic N) is 2. The number of unbranched alkanes of at least 4 members (excludes halogenated alkanes) is 2. The van der Waals surface area contributed by atoms with Crippen LogP contribution in [0.4, 0.5) is 0 Å². The molecule has 2 fully saturated rings. The lowest BCUT2D eigenvalue weighted by Crippen LogP contribution is -2.50. The van der Waals surface area contributed by atoms with Crippen LogP contribution >= 0.6 is 0 Å². The molecular formula is C14H27N3O3S. The summed E-state index contributed by atoms with van der Waals surface area (Å²) >= 11 is 0. The summed E-state index contributed by atoms with van der Waals surface area (Å²) in [4.78, 5) is 16.6. The number of carbonyl (C=O) groups excluding carboxylic acids is 1. The van der Waals surface area contributed by atoms with Crippen molar-refractivity contribution in [2.45, 2.75) is 25.7 Å².